The van der Waals surface area contributed by atoms with Crippen LogP contribution in [0, 0.1) is 22.7 Å². The molecule has 0 spiro atoms. The van der Waals surface area contributed by atoms with Crippen LogP contribution in [-0.4, -0.2) is 48.4 Å². The molecule has 4 saturated heterocycles. The van der Waals surface area contributed by atoms with Crippen LogP contribution in [0.1, 0.15) is 46.3 Å². The van der Waals surface area contributed by atoms with Crippen molar-refractivity contribution in [2.75, 3.05) is 32.8 Å². The third-order valence-corrected chi connectivity index (χ3v) is 7.79. The van der Waals surface area contributed by atoms with Gasteiger partial charge in [0.1, 0.15) is 5.75 Å². The van der Waals surface area contributed by atoms with E-state index >= 15 is 0 Å². The number of ether oxygens (including phenoxy) is 1. The predicted molar refractivity (Wildman–Crippen MR) is 111 cm³/mol. The molecule has 1 aromatic rings. The van der Waals surface area contributed by atoms with E-state index in [0.717, 1.165) is 36.4 Å². The van der Waals surface area contributed by atoms with Crippen LogP contribution in [0.15, 0.2) is 22.7 Å². The summed E-state index contributed by atoms with van der Waals surface area (Å²) in [5.74, 6) is 2.18. The lowest BCUT2D eigenvalue weighted by Gasteiger charge is -2.68. The Labute approximate surface area is 171 Å². The smallest absolute Gasteiger partial charge is 0.150 e. The van der Waals surface area contributed by atoms with Gasteiger partial charge >= 0.3 is 0 Å². The van der Waals surface area contributed by atoms with Crippen molar-refractivity contribution < 1.29 is 9.53 Å². The first-order valence-corrected chi connectivity index (χ1v) is 11.0. The number of rotatable bonds is 5. The Morgan fingerprint density at radius 2 is 1.59 bits per heavy atom. The minimum atomic E-state index is -0.241. The summed E-state index contributed by atoms with van der Waals surface area (Å²) in [6.45, 7) is 15.0. The maximum atomic E-state index is 13.7. The Bertz CT molecular complexity index is 715. The number of piperidine rings is 2. The van der Waals surface area contributed by atoms with E-state index in [9.17, 15) is 4.79 Å². The summed E-state index contributed by atoms with van der Waals surface area (Å²) < 4.78 is 7.05. The molecular weight excluding hydrogens is 404 g/mol. The highest BCUT2D eigenvalue weighted by Crippen LogP contribution is 2.57. The fourth-order valence-corrected chi connectivity index (χ4v) is 6.06. The number of carbonyl (C=O) groups excluding carboxylic acids is 1. The lowest BCUT2D eigenvalue weighted by Crippen LogP contribution is -2.78. The highest BCUT2D eigenvalue weighted by Gasteiger charge is 2.67. The van der Waals surface area contributed by atoms with Gasteiger partial charge in [-0.05, 0) is 37.0 Å². The summed E-state index contributed by atoms with van der Waals surface area (Å²) in [7, 11) is 0. The highest BCUT2D eigenvalue weighted by molar-refractivity contribution is 9.10. The third kappa shape index (κ3) is 2.65. The molecule has 4 heterocycles. The molecule has 5 rings (SSSR count). The second kappa shape index (κ2) is 6.57. The Morgan fingerprint density at radius 1 is 1.07 bits per heavy atom. The molecule has 0 saturated carbocycles. The highest BCUT2D eigenvalue weighted by atomic mass is 79.9. The molecular formula is C22H31BrN2O2. The summed E-state index contributed by atoms with van der Waals surface area (Å²) in [4.78, 5) is 18.8. The number of carbonyl (C=O) groups is 1. The molecule has 0 aromatic heterocycles. The standard InChI is InChI=1S/C22H31BrN2O2/c1-6-27-18-8-7-16(23)9-17(18)19-24-10-21(14(2)3)11-25(19)13-22(12-24,15(4)5)20(21)26/h7-9,14-15,19H,6,10-13H2,1-5H3. The van der Waals surface area contributed by atoms with Crippen molar-refractivity contribution in [3.63, 3.8) is 0 Å². The second-order valence-electron chi connectivity index (χ2n) is 9.25. The molecule has 1 aromatic carbocycles. The van der Waals surface area contributed by atoms with E-state index in [1.807, 2.05) is 13.0 Å². The SMILES string of the molecule is CCOc1ccc(Br)cc1C1N2CC3(C(C)C)CN1CC(C(C)C)(C2)C3=O. The minimum Gasteiger partial charge on any atom is -0.493 e. The van der Waals surface area contributed by atoms with Gasteiger partial charge in [-0.1, -0.05) is 43.6 Å². The number of Topliss-reactive ketones (excluding diaryl/α,β-unsaturated/α-hetero) is 1. The molecule has 4 fully saturated rings. The van der Waals surface area contributed by atoms with Crippen molar-refractivity contribution in [1.82, 2.24) is 9.80 Å². The second-order valence-corrected chi connectivity index (χ2v) is 10.2. The maximum absolute atomic E-state index is 13.7. The van der Waals surface area contributed by atoms with Crippen LogP contribution in [-0.2, 0) is 4.79 Å². The van der Waals surface area contributed by atoms with E-state index in [1.54, 1.807) is 0 Å². The number of halogens is 1. The van der Waals surface area contributed by atoms with E-state index in [0.29, 0.717) is 24.2 Å². The van der Waals surface area contributed by atoms with Gasteiger partial charge in [0.15, 0.2) is 5.78 Å². The van der Waals surface area contributed by atoms with Crippen LogP contribution in [0.4, 0.5) is 0 Å². The monoisotopic (exact) mass is 434 g/mol. The Kier molecular flexibility index (Phi) is 4.72. The zero-order valence-electron chi connectivity index (χ0n) is 17.1. The van der Waals surface area contributed by atoms with Crippen molar-refractivity contribution in [2.24, 2.45) is 22.7 Å². The summed E-state index contributed by atoms with van der Waals surface area (Å²) in [6.07, 6.45) is 0.191. The van der Waals surface area contributed by atoms with Gasteiger partial charge in [0, 0.05) is 36.2 Å². The van der Waals surface area contributed by atoms with Gasteiger partial charge in [-0.15, -0.1) is 0 Å². The first-order chi connectivity index (χ1) is 12.7. The largest absolute Gasteiger partial charge is 0.493 e. The van der Waals surface area contributed by atoms with Crippen LogP contribution >= 0.6 is 15.9 Å². The molecule has 4 bridgehead atoms. The summed E-state index contributed by atoms with van der Waals surface area (Å²) >= 11 is 3.64. The summed E-state index contributed by atoms with van der Waals surface area (Å²) in [6, 6.07) is 6.31. The van der Waals surface area contributed by atoms with E-state index < -0.39 is 0 Å². The molecule has 27 heavy (non-hydrogen) atoms. The molecule has 0 amide bonds. The number of hydrogen-bond donors (Lipinski definition) is 0. The van der Waals surface area contributed by atoms with Crippen molar-refractivity contribution >= 4 is 21.7 Å². The van der Waals surface area contributed by atoms with Crippen LogP contribution in [0.2, 0.25) is 0 Å². The van der Waals surface area contributed by atoms with Crippen LogP contribution in [0.3, 0.4) is 0 Å². The summed E-state index contributed by atoms with van der Waals surface area (Å²) in [5.41, 5.74) is 0.736. The zero-order chi connectivity index (χ0) is 19.6. The number of benzene rings is 1. The van der Waals surface area contributed by atoms with Crippen molar-refractivity contribution in [3.05, 3.63) is 28.2 Å². The van der Waals surface area contributed by atoms with Crippen molar-refractivity contribution in [2.45, 2.75) is 40.8 Å². The molecule has 4 aliphatic heterocycles. The fourth-order valence-electron chi connectivity index (χ4n) is 5.68. The molecule has 0 radical (unpaired) electrons. The van der Waals surface area contributed by atoms with Gasteiger partial charge < -0.3 is 4.74 Å². The average molecular weight is 435 g/mol. The molecule has 0 N–H and O–H groups in total. The van der Waals surface area contributed by atoms with Crippen LogP contribution in [0.25, 0.3) is 0 Å². The Hall–Kier alpha value is -0.910. The average Bonchev–Trinajstić information content (AvgIpc) is 2.60. The Balaban J connectivity index is 1.80. The van der Waals surface area contributed by atoms with Crippen LogP contribution in [0.5, 0.6) is 5.75 Å². The number of nitrogens with zero attached hydrogens (tertiary/aromatic N) is 2. The first kappa shape index (κ1) is 19.4. The molecule has 4 aliphatic rings. The lowest BCUT2D eigenvalue weighted by atomic mass is 9.53. The van der Waals surface area contributed by atoms with Crippen molar-refractivity contribution in [3.8, 4) is 5.75 Å². The summed E-state index contributed by atoms with van der Waals surface area (Å²) in [5, 5.41) is 0. The van der Waals surface area contributed by atoms with Gasteiger partial charge in [0.05, 0.1) is 23.6 Å². The molecule has 0 unspecified atom stereocenters. The molecule has 0 aliphatic carbocycles. The van der Waals surface area contributed by atoms with Gasteiger partial charge in [0.2, 0.25) is 0 Å². The van der Waals surface area contributed by atoms with Gasteiger partial charge in [-0.2, -0.15) is 0 Å². The maximum Gasteiger partial charge on any atom is 0.150 e. The first-order valence-electron chi connectivity index (χ1n) is 10.2. The quantitative estimate of drug-likeness (QED) is 0.689. The predicted octanol–water partition coefficient (Wildman–Crippen LogP) is 4.35. The van der Waals surface area contributed by atoms with Gasteiger partial charge in [0.25, 0.3) is 0 Å². The fraction of sp³-hybridized carbons (Fsp3) is 0.682. The normalized spacial score (nSPS) is 37.5. The van der Waals surface area contributed by atoms with Crippen LogP contribution < -0.4 is 4.74 Å². The van der Waals surface area contributed by atoms with E-state index in [-0.39, 0.29) is 17.0 Å². The minimum absolute atomic E-state index is 0.191. The van der Waals surface area contributed by atoms with E-state index in [1.165, 1.54) is 5.56 Å². The lowest BCUT2D eigenvalue weighted by molar-refractivity contribution is -0.217. The number of ketones is 1. The van der Waals surface area contributed by atoms with Crippen molar-refractivity contribution in [1.29, 1.82) is 0 Å². The molecule has 5 heteroatoms. The Morgan fingerprint density at radius 3 is 2.04 bits per heavy atom. The zero-order valence-corrected chi connectivity index (χ0v) is 18.7. The van der Waals surface area contributed by atoms with E-state index in [4.69, 9.17) is 4.74 Å². The number of hydrogen-bond acceptors (Lipinski definition) is 4. The molecule has 4 nitrogen and oxygen atoms in total. The van der Waals surface area contributed by atoms with E-state index in [2.05, 4.69) is 65.6 Å². The topological polar surface area (TPSA) is 32.8 Å². The van der Waals surface area contributed by atoms with Gasteiger partial charge in [-0.25, -0.2) is 0 Å². The third-order valence-electron chi connectivity index (χ3n) is 7.30. The molecule has 0 atom stereocenters. The van der Waals surface area contributed by atoms with Gasteiger partial charge in [-0.3, -0.25) is 14.6 Å². The molecule has 148 valence electrons.